The Kier molecular flexibility index (Phi) is 8.21. The molecule has 0 aliphatic carbocycles. The minimum absolute atomic E-state index is 0.0688. The first-order valence-electron chi connectivity index (χ1n) is 12.2. The molecule has 0 saturated carbocycles. The number of amides is 1. The second-order valence-corrected chi connectivity index (χ2v) is 11.7. The minimum Gasteiger partial charge on any atom is -0.372 e. The fraction of sp³-hybridized carbons (Fsp3) is 0.321. The number of halogens is 1. The Morgan fingerprint density at radius 1 is 1.00 bits per heavy atom. The maximum atomic E-state index is 13.4. The SMILES string of the molecule is CC1CCN(c2ccc(C(C)NC(=O)CN(c3ccccc3)S(=O)(=O)c3ccc(Cl)cc3)cc2)CC1. The van der Waals surface area contributed by atoms with Crippen LogP contribution in [0, 0.1) is 5.92 Å². The average molecular weight is 526 g/mol. The van der Waals surface area contributed by atoms with E-state index in [-0.39, 0.29) is 17.5 Å². The normalized spacial score (nSPS) is 15.4. The van der Waals surface area contributed by atoms with Crippen LogP contribution in [0.25, 0.3) is 0 Å². The van der Waals surface area contributed by atoms with Crippen molar-refractivity contribution in [3.05, 3.63) is 89.4 Å². The number of sulfonamides is 1. The lowest BCUT2D eigenvalue weighted by atomic mass is 9.98. The first-order chi connectivity index (χ1) is 17.2. The van der Waals surface area contributed by atoms with Gasteiger partial charge in [-0.1, -0.05) is 48.9 Å². The minimum atomic E-state index is -3.98. The van der Waals surface area contributed by atoms with Crippen molar-refractivity contribution < 1.29 is 13.2 Å². The molecule has 1 amide bonds. The van der Waals surface area contributed by atoms with E-state index in [2.05, 4.69) is 29.3 Å². The van der Waals surface area contributed by atoms with Gasteiger partial charge in [-0.2, -0.15) is 0 Å². The number of para-hydroxylation sites is 1. The molecule has 36 heavy (non-hydrogen) atoms. The molecule has 1 atom stereocenters. The van der Waals surface area contributed by atoms with E-state index in [1.165, 1.54) is 42.8 Å². The van der Waals surface area contributed by atoms with Crippen molar-refractivity contribution in [3.63, 3.8) is 0 Å². The summed E-state index contributed by atoms with van der Waals surface area (Å²) < 4.78 is 28.0. The first kappa shape index (κ1) is 26.0. The molecule has 0 radical (unpaired) electrons. The van der Waals surface area contributed by atoms with E-state index in [1.807, 2.05) is 19.1 Å². The number of hydrogen-bond acceptors (Lipinski definition) is 4. The summed E-state index contributed by atoms with van der Waals surface area (Å²) in [5, 5.41) is 3.39. The van der Waals surface area contributed by atoms with Crippen LogP contribution in [0.1, 0.15) is 38.3 Å². The predicted molar refractivity (Wildman–Crippen MR) is 146 cm³/mol. The van der Waals surface area contributed by atoms with Crippen molar-refractivity contribution in [2.24, 2.45) is 5.92 Å². The number of carbonyl (C=O) groups excluding carboxylic acids is 1. The second-order valence-electron chi connectivity index (χ2n) is 9.35. The van der Waals surface area contributed by atoms with E-state index in [0.29, 0.717) is 10.7 Å². The molecular formula is C28H32ClN3O3S. The van der Waals surface area contributed by atoms with Gasteiger partial charge in [0.05, 0.1) is 16.6 Å². The summed E-state index contributed by atoms with van der Waals surface area (Å²) in [6.07, 6.45) is 2.40. The van der Waals surface area contributed by atoms with Gasteiger partial charge in [-0.25, -0.2) is 8.42 Å². The van der Waals surface area contributed by atoms with Crippen LogP contribution in [0.2, 0.25) is 5.02 Å². The Bertz CT molecular complexity index is 1260. The zero-order valence-electron chi connectivity index (χ0n) is 20.6. The van der Waals surface area contributed by atoms with Gasteiger partial charge in [0.25, 0.3) is 10.0 Å². The summed E-state index contributed by atoms with van der Waals surface area (Å²) in [6, 6.07) is 22.5. The largest absolute Gasteiger partial charge is 0.372 e. The number of hydrogen-bond donors (Lipinski definition) is 1. The summed E-state index contributed by atoms with van der Waals surface area (Å²) in [4.78, 5) is 15.5. The average Bonchev–Trinajstić information content (AvgIpc) is 2.88. The monoisotopic (exact) mass is 525 g/mol. The molecule has 4 rings (SSSR count). The van der Waals surface area contributed by atoms with Crippen LogP contribution in [0.3, 0.4) is 0 Å². The number of nitrogens with zero attached hydrogens (tertiary/aromatic N) is 2. The third kappa shape index (κ3) is 6.20. The van der Waals surface area contributed by atoms with Crippen molar-refractivity contribution in [2.75, 3.05) is 28.8 Å². The number of benzene rings is 3. The van der Waals surface area contributed by atoms with Crippen LogP contribution in [0.15, 0.2) is 83.8 Å². The van der Waals surface area contributed by atoms with Gasteiger partial charge in [0.1, 0.15) is 6.54 Å². The van der Waals surface area contributed by atoms with Crippen molar-refractivity contribution >= 4 is 38.9 Å². The molecule has 3 aromatic carbocycles. The Hall–Kier alpha value is -3.03. The smallest absolute Gasteiger partial charge is 0.264 e. The maximum absolute atomic E-state index is 13.4. The number of nitrogens with one attached hydrogen (secondary N) is 1. The van der Waals surface area contributed by atoms with E-state index < -0.39 is 15.9 Å². The van der Waals surface area contributed by atoms with E-state index >= 15 is 0 Å². The van der Waals surface area contributed by atoms with Crippen LogP contribution < -0.4 is 14.5 Å². The molecule has 1 N–H and O–H groups in total. The molecule has 190 valence electrons. The first-order valence-corrected chi connectivity index (χ1v) is 14.0. The third-order valence-corrected chi connectivity index (χ3v) is 8.69. The molecule has 0 spiro atoms. The fourth-order valence-corrected chi connectivity index (χ4v) is 5.93. The highest BCUT2D eigenvalue weighted by atomic mass is 35.5. The number of carbonyl (C=O) groups is 1. The van der Waals surface area contributed by atoms with E-state index in [4.69, 9.17) is 11.6 Å². The predicted octanol–water partition coefficient (Wildman–Crippen LogP) is 5.65. The summed E-state index contributed by atoms with van der Waals surface area (Å²) in [6.45, 7) is 5.97. The maximum Gasteiger partial charge on any atom is 0.264 e. The van der Waals surface area contributed by atoms with Crippen molar-refractivity contribution in [1.82, 2.24) is 5.32 Å². The lowest BCUT2D eigenvalue weighted by Crippen LogP contribution is -2.41. The van der Waals surface area contributed by atoms with Crippen LogP contribution >= 0.6 is 11.6 Å². The van der Waals surface area contributed by atoms with Crippen molar-refractivity contribution in [2.45, 2.75) is 37.6 Å². The van der Waals surface area contributed by atoms with Gasteiger partial charge in [0.2, 0.25) is 5.91 Å². The molecule has 1 saturated heterocycles. The van der Waals surface area contributed by atoms with Gasteiger partial charge in [-0.05, 0) is 79.8 Å². The van der Waals surface area contributed by atoms with Crippen LogP contribution in [0.5, 0.6) is 0 Å². The number of piperidine rings is 1. The molecule has 6 nitrogen and oxygen atoms in total. The molecule has 1 unspecified atom stereocenters. The Morgan fingerprint density at radius 3 is 2.22 bits per heavy atom. The highest BCUT2D eigenvalue weighted by Gasteiger charge is 2.27. The molecular weight excluding hydrogens is 494 g/mol. The molecule has 3 aromatic rings. The van der Waals surface area contributed by atoms with E-state index in [9.17, 15) is 13.2 Å². The summed E-state index contributed by atoms with van der Waals surface area (Å²) in [5.41, 5.74) is 2.56. The standard InChI is InChI=1S/C28H32ClN3O3S/c1-21-16-18-31(19-17-21)25-12-8-23(9-13-25)22(2)30-28(33)20-32(26-6-4-3-5-7-26)36(34,35)27-14-10-24(29)11-15-27/h3-15,21-22H,16-20H2,1-2H3,(H,30,33). The molecule has 1 heterocycles. The molecule has 0 bridgehead atoms. The van der Waals surface area contributed by atoms with Crippen LogP contribution in [-0.4, -0.2) is 34.0 Å². The van der Waals surface area contributed by atoms with Gasteiger partial charge in [0.15, 0.2) is 0 Å². The quantitative estimate of drug-likeness (QED) is 0.412. The van der Waals surface area contributed by atoms with Crippen LogP contribution in [-0.2, 0) is 14.8 Å². The van der Waals surface area contributed by atoms with Gasteiger partial charge < -0.3 is 10.2 Å². The highest BCUT2D eigenvalue weighted by molar-refractivity contribution is 7.92. The second kappa shape index (κ2) is 11.4. The summed E-state index contributed by atoms with van der Waals surface area (Å²) in [7, 11) is -3.98. The van der Waals surface area contributed by atoms with Crippen molar-refractivity contribution in [3.8, 4) is 0 Å². The molecule has 1 aliphatic heterocycles. The van der Waals surface area contributed by atoms with Gasteiger partial charge >= 0.3 is 0 Å². The van der Waals surface area contributed by atoms with Gasteiger partial charge in [-0.15, -0.1) is 0 Å². The topological polar surface area (TPSA) is 69.7 Å². The number of rotatable bonds is 8. The Balaban J connectivity index is 1.47. The van der Waals surface area contributed by atoms with E-state index in [0.717, 1.165) is 28.9 Å². The van der Waals surface area contributed by atoms with Crippen molar-refractivity contribution in [1.29, 1.82) is 0 Å². The molecule has 0 aromatic heterocycles. The Morgan fingerprint density at radius 2 is 1.61 bits per heavy atom. The zero-order chi connectivity index (χ0) is 25.7. The lowest BCUT2D eigenvalue weighted by Gasteiger charge is -2.32. The summed E-state index contributed by atoms with van der Waals surface area (Å²) >= 11 is 5.94. The zero-order valence-corrected chi connectivity index (χ0v) is 22.2. The molecule has 1 fully saturated rings. The highest BCUT2D eigenvalue weighted by Crippen LogP contribution is 2.26. The molecule has 1 aliphatic rings. The lowest BCUT2D eigenvalue weighted by molar-refractivity contribution is -0.120. The Labute approximate surface area is 218 Å². The third-order valence-electron chi connectivity index (χ3n) is 6.65. The number of anilines is 2. The fourth-order valence-electron chi connectivity index (χ4n) is 4.38. The van der Waals surface area contributed by atoms with Gasteiger partial charge in [-0.3, -0.25) is 9.10 Å². The van der Waals surface area contributed by atoms with E-state index in [1.54, 1.807) is 30.3 Å². The summed E-state index contributed by atoms with van der Waals surface area (Å²) in [5.74, 6) is 0.382. The van der Waals surface area contributed by atoms with Crippen LogP contribution in [0.4, 0.5) is 11.4 Å². The van der Waals surface area contributed by atoms with Gasteiger partial charge in [0, 0.05) is 23.8 Å². The molecule has 8 heteroatoms.